The minimum Gasteiger partial charge on any atom is -0.494 e. The second kappa shape index (κ2) is 7.14. The van der Waals surface area contributed by atoms with Gasteiger partial charge in [0.1, 0.15) is 5.75 Å². The molecular weight excluding hydrogens is 242 g/mol. The maximum atomic E-state index is 11.8. The number of para-hydroxylation sites is 1. The zero-order chi connectivity index (χ0) is 14.3. The number of benzene rings is 1. The van der Waals surface area contributed by atoms with E-state index in [0.29, 0.717) is 19.4 Å². The Morgan fingerprint density at radius 1 is 1.37 bits per heavy atom. The van der Waals surface area contributed by atoms with Gasteiger partial charge in [-0.05, 0) is 38.8 Å². The van der Waals surface area contributed by atoms with Crippen molar-refractivity contribution in [1.29, 1.82) is 0 Å². The van der Waals surface area contributed by atoms with Crippen LogP contribution in [-0.4, -0.2) is 29.8 Å². The molecule has 0 radical (unpaired) electrons. The van der Waals surface area contributed by atoms with Crippen LogP contribution in [0.5, 0.6) is 5.75 Å². The Labute approximate surface area is 114 Å². The van der Waals surface area contributed by atoms with Gasteiger partial charge in [-0.25, -0.2) is 0 Å². The summed E-state index contributed by atoms with van der Waals surface area (Å²) in [6.45, 7) is 6.06. The number of hydrogen-bond donors (Lipinski definition) is 2. The lowest BCUT2D eigenvalue weighted by molar-refractivity contribution is -0.123. The van der Waals surface area contributed by atoms with Gasteiger partial charge in [-0.15, -0.1) is 0 Å². The van der Waals surface area contributed by atoms with E-state index in [0.717, 1.165) is 11.3 Å². The number of hydrogen-bond acceptors (Lipinski definition) is 3. The molecule has 1 aromatic rings. The Morgan fingerprint density at radius 3 is 2.68 bits per heavy atom. The number of amides is 1. The molecule has 0 aliphatic heterocycles. The van der Waals surface area contributed by atoms with Crippen LogP contribution in [0, 0.1) is 0 Å². The molecule has 0 spiro atoms. The number of carbonyl (C=O) groups is 1. The van der Waals surface area contributed by atoms with Crippen molar-refractivity contribution >= 4 is 5.91 Å². The van der Waals surface area contributed by atoms with E-state index in [4.69, 9.17) is 9.84 Å². The highest BCUT2D eigenvalue weighted by Gasteiger charge is 2.18. The number of aliphatic hydroxyl groups excluding tert-OH is 1. The summed E-state index contributed by atoms with van der Waals surface area (Å²) in [5.41, 5.74) is 0.456. The van der Waals surface area contributed by atoms with Gasteiger partial charge in [0.05, 0.1) is 18.8 Å². The van der Waals surface area contributed by atoms with Crippen LogP contribution in [-0.2, 0) is 11.2 Å². The van der Waals surface area contributed by atoms with Gasteiger partial charge in [-0.1, -0.05) is 18.2 Å². The summed E-state index contributed by atoms with van der Waals surface area (Å²) in [7, 11) is 0. The van der Waals surface area contributed by atoms with Gasteiger partial charge in [0.25, 0.3) is 0 Å². The first-order valence-electron chi connectivity index (χ1n) is 6.61. The van der Waals surface area contributed by atoms with Crippen molar-refractivity contribution in [2.45, 2.75) is 39.2 Å². The van der Waals surface area contributed by atoms with E-state index in [1.807, 2.05) is 31.2 Å². The number of rotatable bonds is 7. The molecule has 19 heavy (non-hydrogen) atoms. The van der Waals surface area contributed by atoms with Gasteiger partial charge < -0.3 is 15.2 Å². The molecule has 0 fully saturated rings. The van der Waals surface area contributed by atoms with Gasteiger partial charge in [-0.2, -0.15) is 0 Å². The first kappa shape index (κ1) is 15.5. The molecule has 2 N–H and O–H groups in total. The highest BCUT2D eigenvalue weighted by Crippen LogP contribution is 2.19. The fourth-order valence-electron chi connectivity index (χ4n) is 1.73. The highest BCUT2D eigenvalue weighted by molar-refractivity contribution is 5.77. The number of ether oxygens (including phenoxy) is 1. The molecule has 0 saturated heterocycles. The minimum absolute atomic E-state index is 0.0645. The lowest BCUT2D eigenvalue weighted by Gasteiger charge is -2.23. The Balaban J connectivity index is 2.55. The summed E-state index contributed by atoms with van der Waals surface area (Å²) in [5.74, 6) is 0.768. The van der Waals surface area contributed by atoms with E-state index < -0.39 is 5.54 Å². The van der Waals surface area contributed by atoms with Crippen molar-refractivity contribution in [3.05, 3.63) is 29.8 Å². The van der Waals surface area contributed by atoms with Crippen LogP contribution in [0.1, 0.15) is 32.8 Å². The first-order chi connectivity index (χ1) is 8.98. The lowest BCUT2D eigenvalue weighted by Crippen LogP contribution is -2.46. The van der Waals surface area contributed by atoms with Crippen molar-refractivity contribution in [2.24, 2.45) is 0 Å². The number of carbonyl (C=O) groups excluding carboxylic acids is 1. The summed E-state index contributed by atoms with van der Waals surface area (Å²) >= 11 is 0. The van der Waals surface area contributed by atoms with E-state index in [1.165, 1.54) is 0 Å². The molecule has 0 heterocycles. The average molecular weight is 265 g/mol. The third-order valence-corrected chi connectivity index (χ3v) is 2.77. The summed E-state index contributed by atoms with van der Waals surface area (Å²) in [5, 5.41) is 11.9. The Morgan fingerprint density at radius 2 is 2.05 bits per heavy atom. The summed E-state index contributed by atoms with van der Waals surface area (Å²) in [6.07, 6.45) is 1.01. The molecule has 0 atom stereocenters. The lowest BCUT2D eigenvalue weighted by atomic mass is 10.1. The largest absolute Gasteiger partial charge is 0.494 e. The normalized spacial score (nSPS) is 11.2. The molecule has 0 aromatic heterocycles. The van der Waals surface area contributed by atoms with Gasteiger partial charge in [0, 0.05) is 6.42 Å². The van der Waals surface area contributed by atoms with E-state index >= 15 is 0 Å². The minimum atomic E-state index is -0.573. The van der Waals surface area contributed by atoms with Crippen molar-refractivity contribution < 1.29 is 14.6 Å². The number of aryl methyl sites for hydroxylation is 1. The van der Waals surface area contributed by atoms with Crippen molar-refractivity contribution in [3.8, 4) is 5.75 Å². The van der Waals surface area contributed by atoms with Crippen LogP contribution in [0.2, 0.25) is 0 Å². The molecule has 0 unspecified atom stereocenters. The molecule has 4 nitrogen and oxygen atoms in total. The standard InChI is InChI=1S/C15H23NO3/c1-4-19-13-8-6-5-7-12(13)9-10-14(18)16-15(2,3)11-17/h5-8,17H,4,9-11H2,1-3H3,(H,16,18). The van der Waals surface area contributed by atoms with Crippen LogP contribution < -0.4 is 10.1 Å². The molecule has 106 valence electrons. The maximum absolute atomic E-state index is 11.8. The quantitative estimate of drug-likeness (QED) is 0.791. The SMILES string of the molecule is CCOc1ccccc1CCC(=O)NC(C)(C)CO. The van der Waals surface area contributed by atoms with Crippen molar-refractivity contribution in [2.75, 3.05) is 13.2 Å². The molecular formula is C15H23NO3. The summed E-state index contributed by atoms with van der Waals surface area (Å²) in [4.78, 5) is 11.8. The Hall–Kier alpha value is -1.55. The van der Waals surface area contributed by atoms with Crippen LogP contribution >= 0.6 is 0 Å². The van der Waals surface area contributed by atoms with Crippen molar-refractivity contribution in [3.63, 3.8) is 0 Å². The third-order valence-electron chi connectivity index (χ3n) is 2.77. The zero-order valence-electron chi connectivity index (χ0n) is 11.9. The van der Waals surface area contributed by atoms with Crippen LogP contribution in [0.3, 0.4) is 0 Å². The van der Waals surface area contributed by atoms with Gasteiger partial charge in [0.2, 0.25) is 5.91 Å². The molecule has 0 saturated carbocycles. The van der Waals surface area contributed by atoms with Gasteiger partial charge in [0.15, 0.2) is 0 Å². The van der Waals surface area contributed by atoms with Crippen LogP contribution in [0.15, 0.2) is 24.3 Å². The number of nitrogens with one attached hydrogen (secondary N) is 1. The van der Waals surface area contributed by atoms with E-state index in [9.17, 15) is 4.79 Å². The second-order valence-corrected chi connectivity index (χ2v) is 5.13. The van der Waals surface area contributed by atoms with Crippen LogP contribution in [0.25, 0.3) is 0 Å². The monoisotopic (exact) mass is 265 g/mol. The smallest absolute Gasteiger partial charge is 0.220 e. The molecule has 1 aromatic carbocycles. The molecule has 4 heteroatoms. The van der Waals surface area contributed by atoms with Gasteiger partial charge in [-0.3, -0.25) is 4.79 Å². The molecule has 0 bridgehead atoms. The predicted octanol–water partition coefficient (Wildman–Crippen LogP) is 1.90. The topological polar surface area (TPSA) is 58.6 Å². The fraction of sp³-hybridized carbons (Fsp3) is 0.533. The molecule has 0 aliphatic carbocycles. The molecule has 1 rings (SSSR count). The van der Waals surface area contributed by atoms with Crippen molar-refractivity contribution in [1.82, 2.24) is 5.32 Å². The first-order valence-corrected chi connectivity index (χ1v) is 6.61. The molecule has 1 amide bonds. The second-order valence-electron chi connectivity index (χ2n) is 5.13. The maximum Gasteiger partial charge on any atom is 0.220 e. The predicted molar refractivity (Wildman–Crippen MR) is 75.2 cm³/mol. The van der Waals surface area contributed by atoms with E-state index in [2.05, 4.69) is 5.32 Å². The molecule has 0 aliphatic rings. The number of aliphatic hydroxyl groups is 1. The fourth-order valence-corrected chi connectivity index (χ4v) is 1.73. The van der Waals surface area contributed by atoms with E-state index in [1.54, 1.807) is 13.8 Å². The summed E-state index contributed by atoms with van der Waals surface area (Å²) < 4.78 is 5.52. The van der Waals surface area contributed by atoms with Crippen LogP contribution in [0.4, 0.5) is 0 Å². The Bertz CT molecular complexity index is 416. The zero-order valence-corrected chi connectivity index (χ0v) is 11.9. The average Bonchev–Trinajstić information content (AvgIpc) is 2.38. The van der Waals surface area contributed by atoms with Gasteiger partial charge >= 0.3 is 0 Å². The Kier molecular flexibility index (Phi) is 5.83. The third kappa shape index (κ3) is 5.30. The highest BCUT2D eigenvalue weighted by atomic mass is 16.5. The van der Waals surface area contributed by atoms with E-state index in [-0.39, 0.29) is 12.5 Å². The summed E-state index contributed by atoms with van der Waals surface area (Å²) in [6, 6.07) is 7.74.